The average molecular weight is 320 g/mol. The Morgan fingerprint density at radius 1 is 1.08 bits per heavy atom. The zero-order chi connectivity index (χ0) is 17.1. The first kappa shape index (κ1) is 15.9. The predicted octanol–water partition coefficient (Wildman–Crippen LogP) is 3.38. The van der Waals surface area contributed by atoms with Gasteiger partial charge in [-0.1, -0.05) is 42.5 Å². The lowest BCUT2D eigenvalue weighted by Crippen LogP contribution is -2.31. The van der Waals surface area contributed by atoms with Crippen LogP contribution in [0.2, 0.25) is 0 Å². The molecule has 0 aliphatic heterocycles. The molecule has 0 saturated heterocycles. The number of rotatable bonds is 4. The summed E-state index contributed by atoms with van der Waals surface area (Å²) in [6.07, 6.45) is 0. The van der Waals surface area contributed by atoms with Gasteiger partial charge in [-0.2, -0.15) is 0 Å². The van der Waals surface area contributed by atoms with E-state index >= 15 is 0 Å². The summed E-state index contributed by atoms with van der Waals surface area (Å²) in [6.45, 7) is 5.84. The van der Waals surface area contributed by atoms with Gasteiger partial charge < -0.3 is 5.32 Å². The highest BCUT2D eigenvalue weighted by Gasteiger charge is 2.19. The van der Waals surface area contributed by atoms with E-state index in [4.69, 9.17) is 0 Å². The van der Waals surface area contributed by atoms with Crippen LogP contribution in [0.4, 0.5) is 0 Å². The number of hydrogen-bond donors (Lipinski definition) is 1. The Balaban J connectivity index is 2.12. The van der Waals surface area contributed by atoms with Crippen molar-refractivity contribution in [2.45, 2.75) is 26.8 Å². The molecule has 0 bridgehead atoms. The molecule has 24 heavy (non-hydrogen) atoms. The van der Waals surface area contributed by atoms with Crippen molar-refractivity contribution < 1.29 is 4.79 Å². The van der Waals surface area contributed by atoms with Crippen LogP contribution in [0.1, 0.15) is 30.0 Å². The number of benzene rings is 2. The quantitative estimate of drug-likeness (QED) is 0.801. The van der Waals surface area contributed by atoms with Crippen LogP contribution in [0.5, 0.6) is 0 Å². The highest BCUT2D eigenvalue weighted by Crippen LogP contribution is 2.21. The van der Waals surface area contributed by atoms with E-state index in [9.17, 15) is 4.79 Å². The van der Waals surface area contributed by atoms with Crippen molar-refractivity contribution in [3.63, 3.8) is 0 Å². The minimum atomic E-state index is -0.270. The van der Waals surface area contributed by atoms with Gasteiger partial charge in [-0.05, 0) is 38.5 Å². The van der Waals surface area contributed by atoms with Crippen LogP contribution in [0.25, 0.3) is 17.1 Å². The van der Waals surface area contributed by atoms with Crippen LogP contribution < -0.4 is 5.32 Å². The molecule has 3 rings (SSSR count). The Labute approximate surface area is 141 Å². The van der Waals surface area contributed by atoms with Gasteiger partial charge in [0.15, 0.2) is 5.82 Å². The van der Waals surface area contributed by atoms with E-state index in [0.29, 0.717) is 5.82 Å². The lowest BCUT2D eigenvalue weighted by atomic mass is 10.2. The first-order valence-corrected chi connectivity index (χ1v) is 7.95. The first-order valence-electron chi connectivity index (χ1n) is 7.95. The second kappa shape index (κ2) is 6.66. The van der Waals surface area contributed by atoms with Crippen molar-refractivity contribution in [2.75, 3.05) is 0 Å². The predicted molar refractivity (Wildman–Crippen MR) is 94.1 cm³/mol. The molecule has 2 aromatic carbocycles. The third kappa shape index (κ3) is 3.35. The van der Waals surface area contributed by atoms with Crippen LogP contribution in [0.3, 0.4) is 0 Å². The summed E-state index contributed by atoms with van der Waals surface area (Å²) < 4.78 is 1.72. The third-order valence-electron chi connectivity index (χ3n) is 3.51. The van der Waals surface area contributed by atoms with Crippen molar-refractivity contribution >= 4 is 5.91 Å². The Hall–Kier alpha value is -2.95. The number of nitrogens with zero attached hydrogens (tertiary/aromatic N) is 3. The molecule has 1 N–H and O–H groups in total. The molecule has 1 amide bonds. The molecule has 0 atom stereocenters. The molecule has 1 aromatic heterocycles. The highest BCUT2D eigenvalue weighted by atomic mass is 16.2. The normalized spacial score (nSPS) is 10.8. The SMILES string of the molecule is Cc1cccc(-n2nc(C(=O)NC(C)C)nc2-c2ccccc2)c1. The Morgan fingerprint density at radius 3 is 2.50 bits per heavy atom. The Bertz CT molecular complexity index is 853. The highest BCUT2D eigenvalue weighted by molar-refractivity contribution is 5.91. The van der Waals surface area contributed by atoms with Gasteiger partial charge in [0.05, 0.1) is 5.69 Å². The minimum absolute atomic E-state index is 0.0311. The molecule has 122 valence electrons. The fourth-order valence-corrected chi connectivity index (χ4v) is 2.45. The largest absolute Gasteiger partial charge is 0.347 e. The average Bonchev–Trinajstić information content (AvgIpc) is 3.00. The van der Waals surface area contributed by atoms with E-state index in [0.717, 1.165) is 16.8 Å². The molecule has 5 nitrogen and oxygen atoms in total. The summed E-state index contributed by atoms with van der Waals surface area (Å²) in [7, 11) is 0. The van der Waals surface area contributed by atoms with Gasteiger partial charge in [0.25, 0.3) is 5.91 Å². The summed E-state index contributed by atoms with van der Waals surface area (Å²) in [5.41, 5.74) is 2.91. The molecule has 0 aliphatic rings. The lowest BCUT2D eigenvalue weighted by Gasteiger charge is -2.06. The van der Waals surface area contributed by atoms with Crippen molar-refractivity contribution in [2.24, 2.45) is 0 Å². The minimum Gasteiger partial charge on any atom is -0.347 e. The second-order valence-electron chi connectivity index (χ2n) is 6.00. The van der Waals surface area contributed by atoms with E-state index < -0.39 is 0 Å². The van der Waals surface area contributed by atoms with E-state index in [1.165, 1.54) is 0 Å². The van der Waals surface area contributed by atoms with Gasteiger partial charge in [0.1, 0.15) is 0 Å². The number of aromatic nitrogens is 3. The van der Waals surface area contributed by atoms with Crippen LogP contribution in [0.15, 0.2) is 54.6 Å². The van der Waals surface area contributed by atoms with Gasteiger partial charge in [-0.25, -0.2) is 9.67 Å². The molecule has 0 aliphatic carbocycles. The summed E-state index contributed by atoms with van der Waals surface area (Å²) in [5, 5.41) is 7.28. The van der Waals surface area contributed by atoms with Crippen molar-refractivity contribution in [1.82, 2.24) is 20.1 Å². The summed E-state index contributed by atoms with van der Waals surface area (Å²) in [4.78, 5) is 16.8. The number of carbonyl (C=O) groups is 1. The number of carbonyl (C=O) groups excluding carboxylic acids is 1. The van der Waals surface area contributed by atoms with Crippen molar-refractivity contribution in [1.29, 1.82) is 0 Å². The molecule has 1 heterocycles. The van der Waals surface area contributed by atoms with Crippen molar-refractivity contribution in [3.8, 4) is 17.1 Å². The van der Waals surface area contributed by atoms with Crippen LogP contribution >= 0.6 is 0 Å². The zero-order valence-electron chi connectivity index (χ0n) is 14.0. The van der Waals surface area contributed by atoms with Gasteiger partial charge >= 0.3 is 0 Å². The maximum atomic E-state index is 12.3. The topological polar surface area (TPSA) is 59.8 Å². The van der Waals surface area contributed by atoms with Crippen LogP contribution in [-0.2, 0) is 0 Å². The van der Waals surface area contributed by atoms with Gasteiger partial charge in [-0.15, -0.1) is 5.10 Å². The van der Waals surface area contributed by atoms with E-state index in [1.54, 1.807) is 4.68 Å². The summed E-state index contributed by atoms with van der Waals surface area (Å²) in [5.74, 6) is 0.549. The number of amides is 1. The molecule has 0 radical (unpaired) electrons. The fraction of sp³-hybridized carbons (Fsp3) is 0.211. The summed E-state index contributed by atoms with van der Waals surface area (Å²) in [6, 6.07) is 17.7. The Kier molecular flexibility index (Phi) is 4.42. The van der Waals surface area contributed by atoms with Crippen LogP contribution in [0, 0.1) is 6.92 Å². The molecule has 3 aromatic rings. The zero-order valence-corrected chi connectivity index (χ0v) is 14.0. The number of hydrogen-bond acceptors (Lipinski definition) is 3. The molecule has 0 fully saturated rings. The third-order valence-corrected chi connectivity index (χ3v) is 3.51. The van der Waals surface area contributed by atoms with Gasteiger partial charge in [-0.3, -0.25) is 4.79 Å². The fourth-order valence-electron chi connectivity index (χ4n) is 2.45. The first-order chi connectivity index (χ1) is 11.5. The van der Waals surface area contributed by atoms with Gasteiger partial charge in [0.2, 0.25) is 5.82 Å². The molecule has 0 spiro atoms. The standard InChI is InChI=1S/C19H20N4O/c1-13(2)20-19(24)17-21-18(15-9-5-4-6-10-15)23(22-17)16-11-7-8-14(3)12-16/h4-13H,1-3H3,(H,20,24). The molecular weight excluding hydrogens is 300 g/mol. The smallest absolute Gasteiger partial charge is 0.291 e. The molecule has 0 unspecified atom stereocenters. The second-order valence-corrected chi connectivity index (χ2v) is 6.00. The van der Waals surface area contributed by atoms with E-state index in [-0.39, 0.29) is 17.8 Å². The van der Waals surface area contributed by atoms with Crippen LogP contribution in [-0.4, -0.2) is 26.7 Å². The summed E-state index contributed by atoms with van der Waals surface area (Å²) >= 11 is 0. The van der Waals surface area contributed by atoms with Gasteiger partial charge in [0, 0.05) is 11.6 Å². The van der Waals surface area contributed by atoms with E-state index in [1.807, 2.05) is 75.4 Å². The molecular formula is C19H20N4O. The molecule has 0 saturated carbocycles. The molecule has 5 heteroatoms. The Morgan fingerprint density at radius 2 is 1.83 bits per heavy atom. The van der Waals surface area contributed by atoms with Crippen molar-refractivity contribution in [3.05, 3.63) is 66.0 Å². The van der Waals surface area contributed by atoms with E-state index in [2.05, 4.69) is 15.4 Å². The monoisotopic (exact) mass is 320 g/mol. The maximum absolute atomic E-state index is 12.3. The maximum Gasteiger partial charge on any atom is 0.291 e. The lowest BCUT2D eigenvalue weighted by molar-refractivity contribution is 0.0932. The number of aryl methyl sites for hydroxylation is 1. The number of nitrogens with one attached hydrogen (secondary N) is 1.